The van der Waals surface area contributed by atoms with E-state index in [0.717, 1.165) is 80.5 Å². The Hall–Kier alpha value is -3.07. The number of ether oxygens (including phenoxy) is 1. The topological polar surface area (TPSA) is 77.1 Å². The fraction of sp³-hybridized carbons (Fsp3) is 0.607. The first-order chi connectivity index (χ1) is 18.0. The Labute approximate surface area is 220 Å². The van der Waals surface area contributed by atoms with Gasteiger partial charge in [-0.1, -0.05) is 26.2 Å². The number of aromatic nitrogens is 2. The fourth-order valence-electron chi connectivity index (χ4n) is 5.94. The molecule has 1 aromatic heterocycles. The largest absolute Gasteiger partial charge is 0.494 e. The molecule has 9 heteroatoms. The first-order valence-corrected chi connectivity index (χ1v) is 13.8. The third kappa shape index (κ3) is 5.32. The van der Waals surface area contributed by atoms with Crippen LogP contribution in [0.25, 0.3) is 0 Å². The molecule has 0 spiro atoms. The average Bonchev–Trinajstić information content (AvgIpc) is 3.43. The summed E-state index contributed by atoms with van der Waals surface area (Å²) in [6.45, 7) is 6.98. The Bertz CT molecular complexity index is 1100. The van der Waals surface area contributed by atoms with Crippen LogP contribution in [0.3, 0.4) is 0 Å². The lowest BCUT2D eigenvalue weighted by atomic mass is 10.0. The molecule has 200 valence electrons. The van der Waals surface area contributed by atoms with Crippen LogP contribution < -0.4 is 24.8 Å². The van der Waals surface area contributed by atoms with Gasteiger partial charge in [0.05, 0.1) is 24.9 Å². The minimum atomic E-state index is -0.0246. The summed E-state index contributed by atoms with van der Waals surface area (Å²) in [4.78, 5) is 31.8. The van der Waals surface area contributed by atoms with E-state index in [4.69, 9.17) is 9.72 Å². The smallest absolute Gasteiger partial charge is 0.231 e. The number of carbonyl (C=O) groups is 1. The molecule has 1 aliphatic carbocycles. The molecule has 0 bridgehead atoms. The van der Waals surface area contributed by atoms with Gasteiger partial charge in [0.2, 0.25) is 11.9 Å². The fourth-order valence-corrected chi connectivity index (χ4v) is 5.94. The number of nitrogens with zero attached hydrogens (tertiary/aromatic N) is 6. The van der Waals surface area contributed by atoms with Crippen molar-refractivity contribution in [1.29, 1.82) is 0 Å². The van der Waals surface area contributed by atoms with Crippen LogP contribution in [-0.2, 0) is 4.79 Å². The molecule has 1 N–H and O–H groups in total. The average molecular weight is 508 g/mol. The van der Waals surface area contributed by atoms with Crippen LogP contribution in [0.15, 0.2) is 24.4 Å². The Kier molecular flexibility index (Phi) is 7.69. The van der Waals surface area contributed by atoms with E-state index in [1.807, 2.05) is 13.1 Å². The second-order valence-corrected chi connectivity index (χ2v) is 10.7. The van der Waals surface area contributed by atoms with Crippen molar-refractivity contribution in [2.24, 2.45) is 5.92 Å². The third-order valence-electron chi connectivity index (χ3n) is 8.18. The molecule has 5 rings (SSSR count). The highest BCUT2D eigenvalue weighted by atomic mass is 16.5. The highest BCUT2D eigenvalue weighted by Crippen LogP contribution is 2.39. The predicted molar refractivity (Wildman–Crippen MR) is 149 cm³/mol. The van der Waals surface area contributed by atoms with E-state index in [-0.39, 0.29) is 11.8 Å². The number of hydrogen-bond acceptors (Lipinski definition) is 8. The van der Waals surface area contributed by atoms with Gasteiger partial charge in [0.25, 0.3) is 0 Å². The van der Waals surface area contributed by atoms with Crippen molar-refractivity contribution in [2.75, 3.05) is 73.9 Å². The van der Waals surface area contributed by atoms with Crippen LogP contribution in [0.5, 0.6) is 5.75 Å². The molecule has 3 heterocycles. The molecule has 2 aromatic rings. The van der Waals surface area contributed by atoms with Gasteiger partial charge in [-0.05, 0) is 38.4 Å². The van der Waals surface area contributed by atoms with E-state index < -0.39 is 0 Å². The van der Waals surface area contributed by atoms with Gasteiger partial charge < -0.3 is 29.7 Å². The van der Waals surface area contributed by atoms with Crippen LogP contribution in [-0.4, -0.2) is 80.7 Å². The number of carbonyl (C=O) groups excluding carboxylic acids is 1. The molecule has 37 heavy (non-hydrogen) atoms. The molecule has 0 radical (unpaired) electrons. The first-order valence-electron chi connectivity index (χ1n) is 13.8. The Balaban J connectivity index is 1.44. The van der Waals surface area contributed by atoms with Gasteiger partial charge in [-0.3, -0.25) is 4.79 Å². The van der Waals surface area contributed by atoms with Crippen LogP contribution in [0.4, 0.5) is 28.8 Å². The summed E-state index contributed by atoms with van der Waals surface area (Å²) in [7, 11) is 5.72. The Morgan fingerprint density at radius 1 is 1.11 bits per heavy atom. The van der Waals surface area contributed by atoms with Crippen LogP contribution >= 0.6 is 0 Å². The van der Waals surface area contributed by atoms with Crippen LogP contribution in [0.1, 0.15) is 45.4 Å². The summed E-state index contributed by atoms with van der Waals surface area (Å²) in [5, 5.41) is 3.40. The minimum Gasteiger partial charge on any atom is -0.494 e. The minimum absolute atomic E-state index is 0.0246. The summed E-state index contributed by atoms with van der Waals surface area (Å²) >= 11 is 0. The van der Waals surface area contributed by atoms with Gasteiger partial charge in [-0.25, -0.2) is 4.98 Å². The van der Waals surface area contributed by atoms with E-state index in [0.29, 0.717) is 18.5 Å². The Morgan fingerprint density at radius 2 is 1.86 bits per heavy atom. The zero-order chi connectivity index (χ0) is 25.9. The molecule has 2 fully saturated rings. The quantitative estimate of drug-likeness (QED) is 0.600. The standard InChI is InChI=1S/C28H41N7O2/c1-5-8-20-19-35(21-9-6-7-10-21)26-24(33(3)27(20)36)18-29-28(31-26)30-23-12-11-22(17-25(23)37-4)34-15-13-32(2)14-16-34/h11-12,17-18,20-21H,5-10,13-16,19H2,1-4H3,(H,29,30,31)/t20-/m0/s1. The van der Waals surface area contributed by atoms with Crippen molar-refractivity contribution in [1.82, 2.24) is 14.9 Å². The highest BCUT2D eigenvalue weighted by Gasteiger charge is 2.36. The second-order valence-electron chi connectivity index (χ2n) is 10.7. The molecule has 2 aliphatic heterocycles. The second kappa shape index (κ2) is 11.1. The molecule has 1 saturated heterocycles. The summed E-state index contributed by atoms with van der Waals surface area (Å²) in [5.74, 6) is 2.27. The normalized spacial score (nSPS) is 21.2. The summed E-state index contributed by atoms with van der Waals surface area (Å²) < 4.78 is 5.76. The van der Waals surface area contributed by atoms with Gasteiger partial charge >= 0.3 is 0 Å². The molecule has 9 nitrogen and oxygen atoms in total. The molecule has 1 atom stereocenters. The van der Waals surface area contributed by atoms with Crippen molar-refractivity contribution in [3.05, 3.63) is 24.4 Å². The van der Waals surface area contributed by atoms with E-state index in [2.05, 4.69) is 51.1 Å². The van der Waals surface area contributed by atoms with Crippen LogP contribution in [0.2, 0.25) is 0 Å². The van der Waals surface area contributed by atoms with E-state index in [1.54, 1.807) is 18.2 Å². The van der Waals surface area contributed by atoms with Gasteiger partial charge in [0.1, 0.15) is 11.4 Å². The lowest BCUT2D eigenvalue weighted by molar-refractivity contribution is -0.121. The summed E-state index contributed by atoms with van der Waals surface area (Å²) in [6.07, 6.45) is 8.41. The van der Waals surface area contributed by atoms with Gasteiger partial charge in [-0.15, -0.1) is 0 Å². The highest BCUT2D eigenvalue weighted by molar-refractivity contribution is 5.99. The summed E-state index contributed by atoms with van der Waals surface area (Å²) in [6, 6.07) is 6.68. The molecule has 3 aliphatic rings. The molecule has 0 unspecified atom stereocenters. The number of anilines is 5. The number of hydrogen-bond donors (Lipinski definition) is 1. The van der Waals surface area contributed by atoms with Gasteiger partial charge in [0, 0.05) is 57.6 Å². The van der Waals surface area contributed by atoms with Crippen molar-refractivity contribution in [3.63, 3.8) is 0 Å². The lowest BCUT2D eigenvalue weighted by Crippen LogP contribution is -2.44. The first kappa shape index (κ1) is 25.6. The number of piperazine rings is 1. The van der Waals surface area contributed by atoms with Gasteiger partial charge in [-0.2, -0.15) is 4.98 Å². The summed E-state index contributed by atoms with van der Waals surface area (Å²) in [5.41, 5.74) is 2.78. The van der Waals surface area contributed by atoms with E-state index in [1.165, 1.54) is 12.8 Å². The van der Waals surface area contributed by atoms with Crippen molar-refractivity contribution in [3.8, 4) is 5.75 Å². The molecule has 1 amide bonds. The van der Waals surface area contributed by atoms with Crippen LogP contribution in [0, 0.1) is 5.92 Å². The van der Waals surface area contributed by atoms with E-state index in [9.17, 15) is 4.79 Å². The van der Waals surface area contributed by atoms with Crippen molar-refractivity contribution in [2.45, 2.75) is 51.5 Å². The number of likely N-dealkylation sites (N-methyl/N-ethyl adjacent to an activating group) is 1. The Morgan fingerprint density at radius 3 is 2.57 bits per heavy atom. The third-order valence-corrected chi connectivity index (χ3v) is 8.18. The maximum absolute atomic E-state index is 13.3. The molecular formula is C28H41N7O2. The zero-order valence-electron chi connectivity index (χ0n) is 22.7. The molecule has 1 saturated carbocycles. The number of nitrogens with one attached hydrogen (secondary N) is 1. The maximum atomic E-state index is 13.3. The van der Waals surface area contributed by atoms with Crippen molar-refractivity contribution < 1.29 is 9.53 Å². The SMILES string of the molecule is CCC[C@H]1CN(C2CCCC2)c2nc(Nc3ccc(N4CCN(C)CC4)cc3OC)ncc2N(C)C1=O. The zero-order valence-corrected chi connectivity index (χ0v) is 22.7. The molecular weight excluding hydrogens is 466 g/mol. The lowest BCUT2D eigenvalue weighted by Gasteiger charge is -2.34. The van der Waals surface area contributed by atoms with E-state index >= 15 is 0 Å². The number of fused-ring (bicyclic) bond motifs is 1. The number of amides is 1. The number of rotatable bonds is 7. The van der Waals surface area contributed by atoms with Gasteiger partial charge in [0.15, 0.2) is 5.82 Å². The molecule has 1 aromatic carbocycles. The van der Waals surface area contributed by atoms with Crippen molar-refractivity contribution >= 4 is 34.7 Å². The maximum Gasteiger partial charge on any atom is 0.231 e. The number of benzene rings is 1. The predicted octanol–water partition coefficient (Wildman–Crippen LogP) is 4.12. The number of methoxy groups -OCH3 is 1. The monoisotopic (exact) mass is 507 g/mol.